The third kappa shape index (κ3) is 3.14. The van der Waals surface area contributed by atoms with Crippen LogP contribution in [0.15, 0.2) is 0 Å². The summed E-state index contributed by atoms with van der Waals surface area (Å²) >= 11 is 0. The number of nitrogens with one attached hydrogen (secondary N) is 2. The fourth-order valence-electron chi connectivity index (χ4n) is 0.240. The topological polar surface area (TPSA) is 62.2 Å². The van der Waals surface area contributed by atoms with E-state index in [1.165, 1.54) is 0 Å². The van der Waals surface area contributed by atoms with Crippen molar-refractivity contribution in [2.24, 2.45) is 0 Å². The highest BCUT2D eigenvalue weighted by molar-refractivity contribution is 5.81. The first-order valence-electron chi connectivity index (χ1n) is 2.22. The summed E-state index contributed by atoms with van der Waals surface area (Å²) < 4.78 is 4.52. The quantitative estimate of drug-likeness (QED) is 0.295. The molecule has 0 aromatic heterocycles. The number of hydrogen-bond donors (Lipinski definition) is 2. The number of rotatable bonds is 2. The van der Waals surface area contributed by atoms with E-state index in [-0.39, 0.29) is 6.02 Å². The molecule has 0 spiro atoms. The van der Waals surface area contributed by atoms with Crippen molar-refractivity contribution in [3.8, 4) is 0 Å². The molecule has 0 rings (SSSR count). The first kappa shape index (κ1) is 6.94. The van der Waals surface area contributed by atoms with Crippen molar-refractivity contribution in [3.05, 3.63) is 0 Å². The molecule has 0 aromatic carbocycles. The van der Waals surface area contributed by atoms with Crippen molar-refractivity contribution in [3.63, 3.8) is 0 Å². The van der Waals surface area contributed by atoms with Gasteiger partial charge >= 0.3 is 0 Å². The number of hydrogen-bond acceptors (Lipinski definition) is 3. The minimum absolute atomic E-state index is 0.206. The summed E-state index contributed by atoms with van der Waals surface area (Å²) in [4.78, 5) is 9.56. The first-order chi connectivity index (χ1) is 3.81. The highest BCUT2D eigenvalue weighted by atomic mass is 16.5. The van der Waals surface area contributed by atoms with Crippen molar-refractivity contribution in [2.75, 3.05) is 6.61 Å². The lowest BCUT2D eigenvalue weighted by Crippen LogP contribution is -2.22. The van der Waals surface area contributed by atoms with E-state index in [9.17, 15) is 4.79 Å². The summed E-state index contributed by atoms with van der Waals surface area (Å²) in [6.07, 6.45) is 0.401. The van der Waals surface area contributed by atoms with E-state index in [0.717, 1.165) is 0 Å². The van der Waals surface area contributed by atoms with Crippen LogP contribution in [0.5, 0.6) is 0 Å². The molecule has 0 unspecified atom stereocenters. The highest BCUT2D eigenvalue weighted by Crippen LogP contribution is 1.68. The van der Waals surface area contributed by atoms with Crippen molar-refractivity contribution in [2.45, 2.75) is 6.92 Å². The normalized spacial score (nSPS) is 7.62. The highest BCUT2D eigenvalue weighted by Gasteiger charge is 1.87. The first-order valence-corrected chi connectivity index (χ1v) is 2.22. The summed E-state index contributed by atoms with van der Waals surface area (Å²) in [6, 6.07) is -0.206. The maximum Gasteiger partial charge on any atom is 0.288 e. The van der Waals surface area contributed by atoms with E-state index in [1.807, 2.05) is 5.32 Å². The number of carbonyl (C=O) groups is 1. The number of amidine groups is 1. The fourth-order valence-corrected chi connectivity index (χ4v) is 0.240. The Bertz CT molecular complexity index is 92.0. The van der Waals surface area contributed by atoms with Crippen LogP contribution in [-0.4, -0.2) is 19.0 Å². The van der Waals surface area contributed by atoms with E-state index < -0.39 is 0 Å². The summed E-state index contributed by atoms with van der Waals surface area (Å²) in [6.45, 7) is 2.14. The summed E-state index contributed by atoms with van der Waals surface area (Å²) in [5.41, 5.74) is 0. The Hall–Kier alpha value is -1.06. The van der Waals surface area contributed by atoms with Gasteiger partial charge in [-0.3, -0.25) is 15.5 Å². The second-order valence-corrected chi connectivity index (χ2v) is 1.02. The second-order valence-electron chi connectivity index (χ2n) is 1.02. The van der Waals surface area contributed by atoms with Crippen LogP contribution in [0.4, 0.5) is 0 Å². The van der Waals surface area contributed by atoms with Crippen LogP contribution in [-0.2, 0) is 9.53 Å². The van der Waals surface area contributed by atoms with Crippen LogP contribution < -0.4 is 5.32 Å². The molecule has 1 amide bonds. The van der Waals surface area contributed by atoms with Crippen LogP contribution in [0.1, 0.15) is 6.92 Å². The van der Waals surface area contributed by atoms with Gasteiger partial charge in [-0.25, -0.2) is 0 Å². The lowest BCUT2D eigenvalue weighted by molar-refractivity contribution is -0.108. The van der Waals surface area contributed by atoms with E-state index in [1.54, 1.807) is 6.92 Å². The molecule has 0 aliphatic carbocycles. The molecule has 0 radical (unpaired) electrons. The minimum atomic E-state index is -0.206. The Morgan fingerprint density at radius 2 is 2.62 bits per heavy atom. The van der Waals surface area contributed by atoms with Crippen LogP contribution in [0.25, 0.3) is 0 Å². The van der Waals surface area contributed by atoms with E-state index in [2.05, 4.69) is 4.74 Å². The molecule has 0 fully saturated rings. The molecule has 0 atom stereocenters. The Balaban J connectivity index is 3.18. The van der Waals surface area contributed by atoms with Gasteiger partial charge in [-0.15, -0.1) is 0 Å². The van der Waals surface area contributed by atoms with Gasteiger partial charge in [0.25, 0.3) is 6.02 Å². The number of amides is 1. The van der Waals surface area contributed by atoms with Gasteiger partial charge < -0.3 is 4.74 Å². The molecule has 4 heteroatoms. The molecule has 4 nitrogen and oxygen atoms in total. The zero-order valence-electron chi connectivity index (χ0n) is 4.60. The standard InChI is InChI=1S/C4H8N2O2/c1-2-8-4(5)6-3-7/h3H,2H2,1H3,(H2,5,6,7). The van der Waals surface area contributed by atoms with Crippen molar-refractivity contribution in [1.82, 2.24) is 5.32 Å². The average Bonchev–Trinajstić information content (AvgIpc) is 1.68. The van der Waals surface area contributed by atoms with Crippen LogP contribution in [0.2, 0.25) is 0 Å². The van der Waals surface area contributed by atoms with E-state index >= 15 is 0 Å². The Morgan fingerprint density at radius 3 is 3.00 bits per heavy atom. The molecule has 0 aliphatic heterocycles. The Kier molecular flexibility index (Phi) is 3.56. The molecule has 0 saturated heterocycles. The van der Waals surface area contributed by atoms with Gasteiger partial charge in [-0.05, 0) is 6.92 Å². The zero-order valence-corrected chi connectivity index (χ0v) is 4.60. The predicted octanol–water partition coefficient (Wildman–Crippen LogP) is -0.296. The summed E-state index contributed by atoms with van der Waals surface area (Å²) in [5, 5.41) is 8.75. The van der Waals surface area contributed by atoms with Gasteiger partial charge in [0.2, 0.25) is 6.41 Å². The number of carbonyl (C=O) groups excluding carboxylic acids is 1. The maximum atomic E-state index is 9.56. The van der Waals surface area contributed by atoms with Gasteiger partial charge in [0, 0.05) is 0 Å². The molecule has 0 bridgehead atoms. The Morgan fingerprint density at radius 1 is 2.00 bits per heavy atom. The van der Waals surface area contributed by atoms with Crippen molar-refractivity contribution < 1.29 is 9.53 Å². The second kappa shape index (κ2) is 4.11. The fraction of sp³-hybridized carbons (Fsp3) is 0.500. The third-order valence-electron chi connectivity index (χ3n) is 0.479. The lowest BCUT2D eigenvalue weighted by Gasteiger charge is -1.98. The van der Waals surface area contributed by atoms with Gasteiger partial charge in [0.1, 0.15) is 0 Å². The van der Waals surface area contributed by atoms with Gasteiger partial charge in [0.15, 0.2) is 0 Å². The molecule has 8 heavy (non-hydrogen) atoms. The van der Waals surface area contributed by atoms with Crippen LogP contribution >= 0.6 is 0 Å². The van der Waals surface area contributed by atoms with E-state index in [4.69, 9.17) is 5.41 Å². The summed E-state index contributed by atoms with van der Waals surface area (Å²) in [7, 11) is 0. The molecular weight excluding hydrogens is 108 g/mol. The van der Waals surface area contributed by atoms with Crippen LogP contribution in [0, 0.1) is 5.41 Å². The molecule has 0 aliphatic rings. The maximum absolute atomic E-state index is 9.56. The van der Waals surface area contributed by atoms with Crippen molar-refractivity contribution >= 4 is 12.4 Å². The average molecular weight is 116 g/mol. The molecule has 0 heterocycles. The molecule has 46 valence electrons. The van der Waals surface area contributed by atoms with Gasteiger partial charge in [0.05, 0.1) is 6.61 Å². The predicted molar refractivity (Wildman–Crippen MR) is 28.6 cm³/mol. The summed E-state index contributed by atoms with van der Waals surface area (Å²) in [5.74, 6) is 0. The monoisotopic (exact) mass is 116 g/mol. The van der Waals surface area contributed by atoms with Crippen LogP contribution in [0.3, 0.4) is 0 Å². The smallest absolute Gasteiger partial charge is 0.288 e. The third-order valence-corrected chi connectivity index (χ3v) is 0.479. The largest absolute Gasteiger partial charge is 0.465 e. The van der Waals surface area contributed by atoms with Crippen molar-refractivity contribution in [1.29, 1.82) is 5.41 Å². The van der Waals surface area contributed by atoms with Gasteiger partial charge in [-0.2, -0.15) is 0 Å². The lowest BCUT2D eigenvalue weighted by atomic mass is 10.9. The number of ether oxygens (including phenoxy) is 1. The molecular formula is C4H8N2O2. The van der Waals surface area contributed by atoms with Gasteiger partial charge in [-0.1, -0.05) is 0 Å². The Labute approximate surface area is 47.3 Å². The molecule has 2 N–H and O–H groups in total. The molecule has 0 saturated carbocycles. The SMILES string of the molecule is CCOC(=N)NC=O. The van der Waals surface area contributed by atoms with E-state index in [0.29, 0.717) is 13.0 Å². The zero-order chi connectivity index (χ0) is 6.41. The minimum Gasteiger partial charge on any atom is -0.465 e. The molecule has 0 aromatic rings.